The standard InChI is InChI=1S/C13H18ClN3O2/c1-13(2)9-15-5-6-16(13)8-10-3-4-11(14)7-12(10)17(18)19/h3-4,7,15H,5-6,8-9H2,1-2H3. The fourth-order valence-electron chi connectivity index (χ4n) is 2.36. The quantitative estimate of drug-likeness (QED) is 0.684. The molecule has 1 fully saturated rings. The number of nitrogens with zero attached hydrogens (tertiary/aromatic N) is 2. The maximum absolute atomic E-state index is 11.1. The number of nitro groups is 1. The first kappa shape index (κ1) is 14.2. The molecule has 1 N–H and O–H groups in total. The van der Waals surface area contributed by atoms with Crippen molar-refractivity contribution in [1.82, 2.24) is 10.2 Å². The van der Waals surface area contributed by atoms with Crippen molar-refractivity contribution in [3.8, 4) is 0 Å². The van der Waals surface area contributed by atoms with Gasteiger partial charge in [-0.2, -0.15) is 0 Å². The van der Waals surface area contributed by atoms with Crippen LogP contribution >= 0.6 is 11.6 Å². The van der Waals surface area contributed by atoms with E-state index in [9.17, 15) is 10.1 Å². The fraction of sp³-hybridized carbons (Fsp3) is 0.538. The molecule has 0 unspecified atom stereocenters. The highest BCUT2D eigenvalue weighted by Crippen LogP contribution is 2.27. The highest BCUT2D eigenvalue weighted by Gasteiger charge is 2.30. The van der Waals surface area contributed by atoms with Gasteiger partial charge in [0.1, 0.15) is 0 Å². The van der Waals surface area contributed by atoms with Crippen LogP contribution in [0.5, 0.6) is 0 Å². The van der Waals surface area contributed by atoms with Crippen molar-refractivity contribution in [3.63, 3.8) is 0 Å². The molecule has 2 rings (SSSR count). The summed E-state index contributed by atoms with van der Waals surface area (Å²) in [6.07, 6.45) is 0. The van der Waals surface area contributed by atoms with Crippen LogP contribution in [0.1, 0.15) is 19.4 Å². The van der Waals surface area contributed by atoms with Crippen molar-refractivity contribution in [1.29, 1.82) is 0 Å². The zero-order chi connectivity index (χ0) is 14.0. The molecule has 1 aromatic rings. The second kappa shape index (κ2) is 5.45. The SMILES string of the molecule is CC1(C)CNCCN1Cc1ccc(Cl)cc1[N+](=O)[O-]. The average Bonchev–Trinajstić information content (AvgIpc) is 2.33. The van der Waals surface area contributed by atoms with Crippen LogP contribution in [0.3, 0.4) is 0 Å². The van der Waals surface area contributed by atoms with Crippen LogP contribution in [0, 0.1) is 10.1 Å². The molecule has 1 aliphatic rings. The minimum absolute atomic E-state index is 0.00818. The molecular weight excluding hydrogens is 266 g/mol. The Morgan fingerprint density at radius 2 is 2.26 bits per heavy atom. The molecule has 0 amide bonds. The average molecular weight is 284 g/mol. The predicted octanol–water partition coefficient (Wildman–Crippen LogP) is 2.43. The maximum atomic E-state index is 11.1. The van der Waals surface area contributed by atoms with Crippen LogP contribution in [0.25, 0.3) is 0 Å². The zero-order valence-electron chi connectivity index (χ0n) is 11.1. The van der Waals surface area contributed by atoms with Gasteiger partial charge in [0.25, 0.3) is 5.69 Å². The third kappa shape index (κ3) is 3.23. The van der Waals surface area contributed by atoms with Crippen molar-refractivity contribution in [2.45, 2.75) is 25.9 Å². The molecule has 0 aliphatic carbocycles. The minimum Gasteiger partial charge on any atom is -0.314 e. The van der Waals surface area contributed by atoms with Crippen molar-refractivity contribution < 1.29 is 4.92 Å². The van der Waals surface area contributed by atoms with Gasteiger partial charge >= 0.3 is 0 Å². The molecule has 0 saturated carbocycles. The number of nitro benzene ring substituents is 1. The van der Waals surface area contributed by atoms with E-state index in [0.717, 1.165) is 19.6 Å². The van der Waals surface area contributed by atoms with Crippen LogP contribution in [-0.2, 0) is 6.54 Å². The van der Waals surface area contributed by atoms with Gasteiger partial charge in [-0.15, -0.1) is 0 Å². The Hall–Kier alpha value is -1.17. The lowest BCUT2D eigenvalue weighted by molar-refractivity contribution is -0.385. The van der Waals surface area contributed by atoms with E-state index in [0.29, 0.717) is 17.1 Å². The van der Waals surface area contributed by atoms with Crippen molar-refractivity contribution in [3.05, 3.63) is 38.9 Å². The van der Waals surface area contributed by atoms with Crippen LogP contribution in [0.4, 0.5) is 5.69 Å². The van der Waals surface area contributed by atoms with Gasteiger partial charge in [-0.1, -0.05) is 11.6 Å². The molecule has 6 heteroatoms. The predicted molar refractivity (Wildman–Crippen MR) is 75.5 cm³/mol. The summed E-state index contributed by atoms with van der Waals surface area (Å²) in [5, 5.41) is 14.8. The Morgan fingerprint density at radius 3 is 2.89 bits per heavy atom. The second-order valence-electron chi connectivity index (χ2n) is 5.44. The Kier molecular flexibility index (Phi) is 4.08. The minimum atomic E-state index is -0.365. The summed E-state index contributed by atoms with van der Waals surface area (Å²) >= 11 is 5.83. The van der Waals surface area contributed by atoms with Gasteiger partial charge in [-0.25, -0.2) is 0 Å². The summed E-state index contributed by atoms with van der Waals surface area (Å²) < 4.78 is 0. The lowest BCUT2D eigenvalue weighted by atomic mass is 9.99. The number of benzene rings is 1. The molecule has 19 heavy (non-hydrogen) atoms. The third-order valence-electron chi connectivity index (χ3n) is 3.58. The summed E-state index contributed by atoms with van der Waals surface area (Å²) in [6, 6.07) is 4.88. The lowest BCUT2D eigenvalue weighted by Gasteiger charge is -2.42. The smallest absolute Gasteiger partial charge is 0.275 e. The Labute approximate surface area is 117 Å². The van der Waals surface area contributed by atoms with Gasteiger partial charge in [-0.3, -0.25) is 15.0 Å². The summed E-state index contributed by atoms with van der Waals surface area (Å²) in [6.45, 7) is 7.52. The summed E-state index contributed by atoms with van der Waals surface area (Å²) in [7, 11) is 0. The third-order valence-corrected chi connectivity index (χ3v) is 3.81. The number of rotatable bonds is 3. The lowest BCUT2D eigenvalue weighted by Crippen LogP contribution is -2.57. The van der Waals surface area contributed by atoms with Gasteiger partial charge in [0.15, 0.2) is 0 Å². The summed E-state index contributed by atoms with van der Waals surface area (Å²) in [5.74, 6) is 0. The van der Waals surface area contributed by atoms with Crippen LogP contribution < -0.4 is 5.32 Å². The molecule has 104 valence electrons. The number of piperazine rings is 1. The fourth-order valence-corrected chi connectivity index (χ4v) is 2.53. The van der Waals surface area contributed by atoms with Crippen LogP contribution in [0.2, 0.25) is 5.02 Å². The van der Waals surface area contributed by atoms with Crippen LogP contribution in [0.15, 0.2) is 18.2 Å². The summed E-state index contributed by atoms with van der Waals surface area (Å²) in [4.78, 5) is 13.0. The van der Waals surface area contributed by atoms with E-state index in [-0.39, 0.29) is 16.1 Å². The molecule has 5 nitrogen and oxygen atoms in total. The Balaban J connectivity index is 2.25. The van der Waals surface area contributed by atoms with Gasteiger partial charge in [0.2, 0.25) is 0 Å². The summed E-state index contributed by atoms with van der Waals surface area (Å²) in [5.41, 5.74) is 0.803. The van der Waals surface area contributed by atoms with Crippen LogP contribution in [-0.4, -0.2) is 35.0 Å². The monoisotopic (exact) mass is 283 g/mol. The van der Waals surface area contributed by atoms with Crippen molar-refractivity contribution in [2.24, 2.45) is 0 Å². The van der Waals surface area contributed by atoms with Gasteiger partial charge in [0.05, 0.1) is 4.92 Å². The van der Waals surface area contributed by atoms with E-state index >= 15 is 0 Å². The van der Waals surface area contributed by atoms with Crippen molar-refractivity contribution in [2.75, 3.05) is 19.6 Å². The number of hydrogen-bond acceptors (Lipinski definition) is 4. The highest BCUT2D eigenvalue weighted by atomic mass is 35.5. The normalized spacial score (nSPS) is 19.3. The molecule has 0 aromatic heterocycles. The Morgan fingerprint density at radius 1 is 1.53 bits per heavy atom. The van der Waals surface area contributed by atoms with Crippen molar-refractivity contribution >= 4 is 17.3 Å². The molecule has 1 aliphatic heterocycles. The molecule has 1 heterocycles. The topological polar surface area (TPSA) is 58.4 Å². The van der Waals surface area contributed by atoms with Gasteiger partial charge < -0.3 is 5.32 Å². The molecule has 1 saturated heterocycles. The molecule has 0 radical (unpaired) electrons. The molecule has 1 aromatic carbocycles. The van der Waals surface area contributed by atoms with Gasteiger partial charge in [-0.05, 0) is 26.0 Å². The number of nitrogens with one attached hydrogen (secondary N) is 1. The van der Waals surface area contributed by atoms with E-state index in [1.165, 1.54) is 6.07 Å². The van der Waals surface area contributed by atoms with Gasteiger partial charge in [0, 0.05) is 48.4 Å². The molecule has 0 spiro atoms. The maximum Gasteiger partial charge on any atom is 0.275 e. The van der Waals surface area contributed by atoms with E-state index in [4.69, 9.17) is 11.6 Å². The van der Waals surface area contributed by atoms with E-state index in [1.54, 1.807) is 12.1 Å². The molecule has 0 atom stereocenters. The first-order valence-electron chi connectivity index (χ1n) is 6.29. The highest BCUT2D eigenvalue weighted by molar-refractivity contribution is 6.30. The molecular formula is C13H18ClN3O2. The first-order chi connectivity index (χ1) is 8.90. The second-order valence-corrected chi connectivity index (χ2v) is 5.88. The van der Waals surface area contributed by atoms with E-state index in [2.05, 4.69) is 24.1 Å². The first-order valence-corrected chi connectivity index (χ1v) is 6.66. The van der Waals surface area contributed by atoms with E-state index < -0.39 is 0 Å². The number of halogens is 1. The number of hydrogen-bond donors (Lipinski definition) is 1. The zero-order valence-corrected chi connectivity index (χ0v) is 11.9. The largest absolute Gasteiger partial charge is 0.314 e. The molecule has 0 bridgehead atoms. The Bertz CT molecular complexity index is 491. The van der Waals surface area contributed by atoms with E-state index in [1.807, 2.05) is 0 Å².